The third kappa shape index (κ3) is 4.40. The monoisotopic (exact) mass is 494 g/mol. The molecule has 0 unspecified atom stereocenters. The molecule has 4 heterocycles. The SMILES string of the molecule is c1ccc(Oc2ccc(-c3nn(C4CCN(C5CCC6(CC5)CNC6)CC4)c4ncncc34)cc2)cc1. The average Bonchev–Trinajstić information content (AvgIpc) is 3.33. The summed E-state index contributed by atoms with van der Waals surface area (Å²) in [6, 6.07) is 19.2. The molecule has 0 amide bonds. The summed E-state index contributed by atoms with van der Waals surface area (Å²) in [5.41, 5.74) is 3.56. The predicted molar refractivity (Wildman–Crippen MR) is 145 cm³/mol. The quantitative estimate of drug-likeness (QED) is 0.398. The van der Waals surface area contributed by atoms with Crippen LogP contribution in [0.15, 0.2) is 67.1 Å². The molecular weight excluding hydrogens is 460 g/mol. The maximum absolute atomic E-state index is 5.98. The molecule has 3 aliphatic rings. The molecule has 2 aliphatic heterocycles. The first-order valence-electron chi connectivity index (χ1n) is 13.7. The van der Waals surface area contributed by atoms with E-state index in [1.807, 2.05) is 48.7 Å². The van der Waals surface area contributed by atoms with Crippen molar-refractivity contribution in [2.45, 2.75) is 50.6 Å². The first-order valence-corrected chi connectivity index (χ1v) is 13.7. The lowest BCUT2D eigenvalue weighted by molar-refractivity contribution is 0.0361. The molecule has 2 saturated heterocycles. The zero-order valence-electron chi connectivity index (χ0n) is 21.2. The molecule has 7 heteroatoms. The van der Waals surface area contributed by atoms with Crippen LogP contribution in [-0.4, -0.2) is 56.9 Å². The highest BCUT2D eigenvalue weighted by molar-refractivity contribution is 5.90. The van der Waals surface area contributed by atoms with E-state index in [0.29, 0.717) is 11.5 Å². The van der Waals surface area contributed by atoms with Crippen molar-refractivity contribution in [3.05, 3.63) is 67.1 Å². The van der Waals surface area contributed by atoms with E-state index in [0.717, 1.165) is 65.8 Å². The maximum Gasteiger partial charge on any atom is 0.162 e. The topological polar surface area (TPSA) is 68.1 Å². The van der Waals surface area contributed by atoms with Crippen LogP contribution < -0.4 is 10.1 Å². The first kappa shape index (κ1) is 22.9. The number of hydrogen-bond donors (Lipinski definition) is 1. The van der Waals surface area contributed by atoms with Crippen molar-refractivity contribution in [2.75, 3.05) is 26.2 Å². The summed E-state index contributed by atoms with van der Waals surface area (Å²) >= 11 is 0. The average molecular weight is 495 g/mol. The summed E-state index contributed by atoms with van der Waals surface area (Å²) < 4.78 is 8.15. The molecule has 1 saturated carbocycles. The number of rotatable bonds is 5. The maximum atomic E-state index is 5.98. The molecule has 1 aliphatic carbocycles. The third-order valence-corrected chi connectivity index (χ3v) is 8.85. The summed E-state index contributed by atoms with van der Waals surface area (Å²) in [4.78, 5) is 11.7. The second kappa shape index (κ2) is 9.54. The molecule has 3 fully saturated rings. The van der Waals surface area contributed by atoms with Gasteiger partial charge in [-0.05, 0) is 80.3 Å². The van der Waals surface area contributed by atoms with Crippen molar-refractivity contribution in [1.82, 2.24) is 30.0 Å². The van der Waals surface area contributed by atoms with Gasteiger partial charge < -0.3 is 15.0 Å². The van der Waals surface area contributed by atoms with E-state index in [9.17, 15) is 0 Å². The van der Waals surface area contributed by atoms with Gasteiger partial charge in [-0.25, -0.2) is 14.6 Å². The number of fused-ring (bicyclic) bond motifs is 1. The summed E-state index contributed by atoms with van der Waals surface area (Å²) in [5.74, 6) is 1.64. The molecule has 37 heavy (non-hydrogen) atoms. The molecule has 0 bridgehead atoms. The van der Waals surface area contributed by atoms with Gasteiger partial charge in [0.2, 0.25) is 0 Å². The van der Waals surface area contributed by atoms with E-state index in [2.05, 4.69) is 37.0 Å². The number of ether oxygens (including phenoxy) is 1. The fourth-order valence-corrected chi connectivity index (χ4v) is 6.56. The standard InChI is InChI=1S/C30H34N6O/c1-2-4-25(5-3-1)37-26-8-6-22(7-9-26)28-27-18-31-21-33-29(27)36(34-28)24-12-16-35(17-13-24)23-10-14-30(15-11-23)19-32-20-30/h1-9,18,21,23-24,32H,10-17,19-20H2. The Kier molecular flexibility index (Phi) is 5.90. The fraction of sp³-hybridized carbons (Fsp3) is 0.433. The lowest BCUT2D eigenvalue weighted by Gasteiger charge is -2.50. The number of likely N-dealkylation sites (tertiary alicyclic amines) is 1. The molecule has 1 spiro atoms. The van der Waals surface area contributed by atoms with E-state index in [1.165, 1.54) is 38.8 Å². The Morgan fingerprint density at radius 3 is 2.27 bits per heavy atom. The van der Waals surface area contributed by atoms with Gasteiger partial charge in [-0.1, -0.05) is 18.2 Å². The van der Waals surface area contributed by atoms with Gasteiger partial charge in [0.25, 0.3) is 0 Å². The molecule has 2 aromatic heterocycles. The Morgan fingerprint density at radius 1 is 0.838 bits per heavy atom. The van der Waals surface area contributed by atoms with Crippen LogP contribution in [0.1, 0.15) is 44.6 Å². The number of para-hydroxylation sites is 1. The Bertz CT molecular complexity index is 1350. The van der Waals surface area contributed by atoms with E-state index in [-0.39, 0.29) is 0 Å². The number of hydrogen-bond acceptors (Lipinski definition) is 6. The molecule has 4 aromatic rings. The minimum absolute atomic E-state index is 0.369. The summed E-state index contributed by atoms with van der Waals surface area (Å²) in [6.45, 7) is 4.77. The second-order valence-electron chi connectivity index (χ2n) is 11.1. The largest absolute Gasteiger partial charge is 0.457 e. The summed E-state index contributed by atoms with van der Waals surface area (Å²) in [7, 11) is 0. The van der Waals surface area contributed by atoms with Gasteiger partial charge in [-0.2, -0.15) is 5.10 Å². The van der Waals surface area contributed by atoms with Crippen LogP contribution in [0.2, 0.25) is 0 Å². The van der Waals surface area contributed by atoms with Crippen LogP contribution in [0.5, 0.6) is 11.5 Å². The van der Waals surface area contributed by atoms with Crippen molar-refractivity contribution >= 4 is 11.0 Å². The number of aromatic nitrogens is 4. The normalized spacial score (nSPS) is 20.8. The zero-order chi connectivity index (χ0) is 24.7. The first-order chi connectivity index (χ1) is 18.3. The summed E-state index contributed by atoms with van der Waals surface area (Å²) in [5, 5.41) is 9.62. The third-order valence-electron chi connectivity index (χ3n) is 8.85. The van der Waals surface area contributed by atoms with Crippen molar-refractivity contribution in [3.63, 3.8) is 0 Å². The van der Waals surface area contributed by atoms with Gasteiger partial charge in [0.05, 0.1) is 11.4 Å². The Labute approximate surface area is 217 Å². The van der Waals surface area contributed by atoms with Gasteiger partial charge in [0.1, 0.15) is 23.5 Å². The van der Waals surface area contributed by atoms with Crippen molar-refractivity contribution in [3.8, 4) is 22.8 Å². The lowest BCUT2D eigenvalue weighted by Crippen LogP contribution is -2.57. The molecule has 0 atom stereocenters. The number of piperidine rings is 1. The number of nitrogens with one attached hydrogen (secondary N) is 1. The minimum Gasteiger partial charge on any atom is -0.457 e. The van der Waals surface area contributed by atoms with Crippen molar-refractivity contribution in [1.29, 1.82) is 0 Å². The highest BCUT2D eigenvalue weighted by atomic mass is 16.5. The van der Waals surface area contributed by atoms with E-state index < -0.39 is 0 Å². The minimum atomic E-state index is 0.369. The molecule has 7 rings (SSSR count). The Balaban J connectivity index is 1.07. The highest BCUT2D eigenvalue weighted by Crippen LogP contribution is 2.42. The molecular formula is C30H34N6O. The van der Waals surface area contributed by atoms with Crippen LogP contribution in [0, 0.1) is 5.41 Å². The van der Waals surface area contributed by atoms with Gasteiger partial charge in [0.15, 0.2) is 5.65 Å². The van der Waals surface area contributed by atoms with Gasteiger partial charge in [0, 0.05) is 44.0 Å². The highest BCUT2D eigenvalue weighted by Gasteiger charge is 2.41. The van der Waals surface area contributed by atoms with Gasteiger partial charge >= 0.3 is 0 Å². The smallest absolute Gasteiger partial charge is 0.162 e. The van der Waals surface area contributed by atoms with Crippen molar-refractivity contribution < 1.29 is 4.74 Å². The van der Waals surface area contributed by atoms with E-state index in [4.69, 9.17) is 9.84 Å². The van der Waals surface area contributed by atoms with Crippen LogP contribution in [0.3, 0.4) is 0 Å². The van der Waals surface area contributed by atoms with Gasteiger partial charge in [-0.15, -0.1) is 0 Å². The Hall–Kier alpha value is -3.29. The van der Waals surface area contributed by atoms with Crippen LogP contribution >= 0.6 is 0 Å². The number of nitrogens with zero attached hydrogens (tertiary/aromatic N) is 5. The molecule has 190 valence electrons. The Morgan fingerprint density at radius 2 is 1.57 bits per heavy atom. The lowest BCUT2D eigenvalue weighted by atomic mass is 9.68. The molecule has 7 nitrogen and oxygen atoms in total. The molecule has 2 aromatic carbocycles. The number of benzene rings is 2. The second-order valence-corrected chi connectivity index (χ2v) is 11.1. The van der Waals surface area contributed by atoms with E-state index >= 15 is 0 Å². The van der Waals surface area contributed by atoms with Crippen LogP contribution in [0.4, 0.5) is 0 Å². The van der Waals surface area contributed by atoms with Crippen LogP contribution in [0.25, 0.3) is 22.3 Å². The summed E-state index contributed by atoms with van der Waals surface area (Å²) in [6.07, 6.45) is 11.3. The van der Waals surface area contributed by atoms with Crippen molar-refractivity contribution in [2.24, 2.45) is 5.41 Å². The fourth-order valence-electron chi connectivity index (χ4n) is 6.56. The molecule has 0 radical (unpaired) electrons. The predicted octanol–water partition coefficient (Wildman–Crippen LogP) is 5.45. The van der Waals surface area contributed by atoms with Gasteiger partial charge in [-0.3, -0.25) is 0 Å². The van der Waals surface area contributed by atoms with E-state index in [1.54, 1.807) is 6.33 Å². The van der Waals surface area contributed by atoms with Crippen LogP contribution in [-0.2, 0) is 0 Å². The molecule has 1 N–H and O–H groups in total. The zero-order valence-corrected chi connectivity index (χ0v) is 21.2.